The molecule has 1 atom stereocenters. The number of amides is 1. The smallest absolute Gasteiger partial charge is 0.287 e. The third kappa shape index (κ3) is 3.96. The maximum absolute atomic E-state index is 12.0. The SMILES string of the molecule is CC(CCc1ccccc1)NC(=O)c1ccc(CN)o1. The van der Waals surface area contributed by atoms with E-state index in [1.54, 1.807) is 12.1 Å². The van der Waals surface area contributed by atoms with Crippen molar-refractivity contribution in [2.75, 3.05) is 0 Å². The van der Waals surface area contributed by atoms with Gasteiger partial charge in [0.05, 0.1) is 6.54 Å². The highest BCUT2D eigenvalue weighted by Gasteiger charge is 2.13. The molecule has 4 heteroatoms. The van der Waals surface area contributed by atoms with Crippen molar-refractivity contribution in [2.24, 2.45) is 5.73 Å². The quantitative estimate of drug-likeness (QED) is 0.849. The van der Waals surface area contributed by atoms with Gasteiger partial charge in [-0.2, -0.15) is 0 Å². The van der Waals surface area contributed by atoms with E-state index in [-0.39, 0.29) is 11.9 Å². The van der Waals surface area contributed by atoms with Crippen LogP contribution in [0.5, 0.6) is 0 Å². The number of nitrogens with one attached hydrogen (secondary N) is 1. The lowest BCUT2D eigenvalue weighted by Crippen LogP contribution is -2.32. The minimum absolute atomic E-state index is 0.0918. The molecule has 0 bridgehead atoms. The van der Waals surface area contributed by atoms with Crippen molar-refractivity contribution < 1.29 is 9.21 Å². The van der Waals surface area contributed by atoms with Gasteiger partial charge >= 0.3 is 0 Å². The molecule has 1 heterocycles. The number of furan rings is 1. The standard InChI is InChI=1S/C16H20N2O2/c1-12(7-8-13-5-3-2-4-6-13)18-16(19)15-10-9-14(11-17)20-15/h2-6,9-10,12H,7-8,11,17H2,1H3,(H,18,19). The summed E-state index contributed by atoms with van der Waals surface area (Å²) in [5.41, 5.74) is 6.73. The predicted octanol–water partition coefficient (Wildman–Crippen LogP) is 2.49. The van der Waals surface area contributed by atoms with Crippen LogP contribution in [0.4, 0.5) is 0 Å². The summed E-state index contributed by atoms with van der Waals surface area (Å²) in [5, 5.41) is 2.93. The molecular weight excluding hydrogens is 252 g/mol. The molecule has 2 rings (SSSR count). The zero-order valence-electron chi connectivity index (χ0n) is 11.6. The molecule has 3 N–H and O–H groups in total. The summed E-state index contributed by atoms with van der Waals surface area (Å²) in [4.78, 5) is 12.0. The molecule has 0 fully saturated rings. The monoisotopic (exact) mass is 272 g/mol. The number of nitrogens with two attached hydrogens (primary N) is 1. The Morgan fingerprint density at radius 1 is 1.25 bits per heavy atom. The third-order valence-corrected chi connectivity index (χ3v) is 3.17. The van der Waals surface area contributed by atoms with E-state index in [1.807, 2.05) is 25.1 Å². The molecule has 0 saturated heterocycles. The van der Waals surface area contributed by atoms with E-state index in [0.717, 1.165) is 12.8 Å². The van der Waals surface area contributed by atoms with Gasteiger partial charge < -0.3 is 15.5 Å². The number of rotatable bonds is 6. The Morgan fingerprint density at radius 2 is 2.00 bits per heavy atom. The lowest BCUT2D eigenvalue weighted by atomic mass is 10.1. The van der Waals surface area contributed by atoms with Crippen molar-refractivity contribution in [3.05, 3.63) is 59.5 Å². The minimum Gasteiger partial charge on any atom is -0.455 e. The van der Waals surface area contributed by atoms with Crippen molar-refractivity contribution in [1.82, 2.24) is 5.32 Å². The molecule has 0 aliphatic heterocycles. The Labute approximate surface area is 119 Å². The molecule has 1 aromatic heterocycles. The first-order valence-electron chi connectivity index (χ1n) is 6.82. The largest absolute Gasteiger partial charge is 0.455 e. The van der Waals surface area contributed by atoms with Crippen molar-refractivity contribution in [3.63, 3.8) is 0 Å². The van der Waals surface area contributed by atoms with Gasteiger partial charge in [-0.3, -0.25) is 4.79 Å². The van der Waals surface area contributed by atoms with E-state index in [1.165, 1.54) is 5.56 Å². The van der Waals surface area contributed by atoms with Crippen LogP contribution in [-0.2, 0) is 13.0 Å². The normalized spacial score (nSPS) is 12.1. The second-order valence-electron chi connectivity index (χ2n) is 4.87. The van der Waals surface area contributed by atoms with Crippen LogP contribution in [0.3, 0.4) is 0 Å². The van der Waals surface area contributed by atoms with Crippen molar-refractivity contribution in [1.29, 1.82) is 0 Å². The topological polar surface area (TPSA) is 68.3 Å². The molecule has 1 unspecified atom stereocenters. The molecule has 106 valence electrons. The van der Waals surface area contributed by atoms with Gasteiger partial charge in [-0.15, -0.1) is 0 Å². The Kier molecular flexibility index (Phi) is 4.96. The number of benzene rings is 1. The van der Waals surface area contributed by atoms with E-state index in [9.17, 15) is 4.79 Å². The summed E-state index contributed by atoms with van der Waals surface area (Å²) in [6, 6.07) is 13.7. The number of hydrogen-bond acceptors (Lipinski definition) is 3. The van der Waals surface area contributed by atoms with Crippen LogP contribution in [0.15, 0.2) is 46.9 Å². The van der Waals surface area contributed by atoms with Gasteiger partial charge in [-0.25, -0.2) is 0 Å². The van der Waals surface area contributed by atoms with Crippen LogP contribution in [0, 0.1) is 0 Å². The summed E-state index contributed by atoms with van der Waals surface area (Å²) >= 11 is 0. The first-order valence-corrected chi connectivity index (χ1v) is 6.82. The van der Waals surface area contributed by atoms with Gasteiger partial charge in [0, 0.05) is 6.04 Å². The first-order chi connectivity index (χ1) is 9.69. The number of carbonyl (C=O) groups is 1. The van der Waals surface area contributed by atoms with Crippen molar-refractivity contribution >= 4 is 5.91 Å². The molecule has 0 aliphatic rings. The molecule has 0 radical (unpaired) electrons. The van der Waals surface area contributed by atoms with Crippen LogP contribution in [0.25, 0.3) is 0 Å². The van der Waals surface area contributed by atoms with E-state index in [0.29, 0.717) is 18.1 Å². The number of aryl methyl sites for hydroxylation is 1. The van der Waals surface area contributed by atoms with E-state index in [4.69, 9.17) is 10.2 Å². The molecule has 1 aromatic carbocycles. The summed E-state index contributed by atoms with van der Waals surface area (Å²) in [5.74, 6) is 0.745. The van der Waals surface area contributed by atoms with Crippen LogP contribution in [0.2, 0.25) is 0 Å². The van der Waals surface area contributed by atoms with Crippen molar-refractivity contribution in [3.8, 4) is 0 Å². The van der Waals surface area contributed by atoms with Crippen LogP contribution in [0.1, 0.15) is 35.2 Å². The third-order valence-electron chi connectivity index (χ3n) is 3.17. The summed E-state index contributed by atoms with van der Waals surface area (Å²) in [6.45, 7) is 2.30. The van der Waals surface area contributed by atoms with Gasteiger partial charge in [0.25, 0.3) is 5.91 Å². The van der Waals surface area contributed by atoms with E-state index < -0.39 is 0 Å². The molecule has 1 amide bonds. The first kappa shape index (κ1) is 14.3. The Hall–Kier alpha value is -2.07. The van der Waals surface area contributed by atoms with Gasteiger partial charge in [-0.1, -0.05) is 30.3 Å². The number of hydrogen-bond donors (Lipinski definition) is 2. The van der Waals surface area contributed by atoms with Crippen LogP contribution < -0.4 is 11.1 Å². The lowest BCUT2D eigenvalue weighted by molar-refractivity contribution is 0.0908. The van der Waals surface area contributed by atoms with Gasteiger partial charge in [0.2, 0.25) is 0 Å². The maximum Gasteiger partial charge on any atom is 0.287 e. The summed E-state index contributed by atoms with van der Waals surface area (Å²) in [6.07, 6.45) is 1.83. The molecule has 0 aliphatic carbocycles. The van der Waals surface area contributed by atoms with E-state index >= 15 is 0 Å². The summed E-state index contributed by atoms with van der Waals surface area (Å²) < 4.78 is 5.32. The minimum atomic E-state index is -0.190. The van der Waals surface area contributed by atoms with Gasteiger partial charge in [0.1, 0.15) is 5.76 Å². The highest BCUT2D eigenvalue weighted by Crippen LogP contribution is 2.09. The molecular formula is C16H20N2O2. The van der Waals surface area contributed by atoms with Gasteiger partial charge in [-0.05, 0) is 37.5 Å². The van der Waals surface area contributed by atoms with Crippen LogP contribution >= 0.6 is 0 Å². The molecule has 20 heavy (non-hydrogen) atoms. The average Bonchev–Trinajstić information content (AvgIpc) is 2.95. The second-order valence-corrected chi connectivity index (χ2v) is 4.87. The highest BCUT2D eigenvalue weighted by molar-refractivity contribution is 5.91. The fourth-order valence-electron chi connectivity index (χ4n) is 2.00. The lowest BCUT2D eigenvalue weighted by Gasteiger charge is -2.12. The maximum atomic E-state index is 12.0. The Bertz CT molecular complexity index is 549. The molecule has 2 aromatic rings. The number of carbonyl (C=O) groups excluding carboxylic acids is 1. The zero-order valence-corrected chi connectivity index (χ0v) is 11.6. The Balaban J connectivity index is 1.82. The van der Waals surface area contributed by atoms with Gasteiger partial charge in [0.15, 0.2) is 5.76 Å². The molecule has 0 saturated carbocycles. The zero-order chi connectivity index (χ0) is 14.4. The highest BCUT2D eigenvalue weighted by atomic mass is 16.4. The fourth-order valence-corrected chi connectivity index (χ4v) is 2.00. The molecule has 0 spiro atoms. The summed E-state index contributed by atoms with van der Waals surface area (Å²) in [7, 11) is 0. The Morgan fingerprint density at radius 3 is 2.65 bits per heavy atom. The average molecular weight is 272 g/mol. The van der Waals surface area contributed by atoms with E-state index in [2.05, 4.69) is 17.4 Å². The fraction of sp³-hybridized carbons (Fsp3) is 0.312. The van der Waals surface area contributed by atoms with Crippen molar-refractivity contribution in [2.45, 2.75) is 32.4 Å². The van der Waals surface area contributed by atoms with Crippen LogP contribution in [-0.4, -0.2) is 11.9 Å². The second kappa shape index (κ2) is 6.91. The molecule has 4 nitrogen and oxygen atoms in total. The predicted molar refractivity (Wildman–Crippen MR) is 78.3 cm³/mol.